The molecule has 0 aliphatic carbocycles. The molecule has 0 unspecified atom stereocenters. The molecule has 0 saturated carbocycles. The van der Waals surface area contributed by atoms with E-state index in [1.807, 2.05) is 12.1 Å². The molecule has 29 heavy (non-hydrogen) atoms. The van der Waals surface area contributed by atoms with Gasteiger partial charge in [0.25, 0.3) is 5.69 Å². The first-order valence-electron chi connectivity index (χ1n) is 8.33. The minimum atomic E-state index is -0.644. The Morgan fingerprint density at radius 1 is 1.45 bits per heavy atom. The molecule has 2 aromatic rings. The average molecular weight is 416 g/mol. The zero-order valence-electron chi connectivity index (χ0n) is 15.1. The van der Waals surface area contributed by atoms with E-state index in [0.29, 0.717) is 5.69 Å². The zero-order chi connectivity index (χ0) is 21.0. The molecule has 3 rings (SSSR count). The highest BCUT2D eigenvalue weighted by atomic mass is 32.2. The second-order valence-electron chi connectivity index (χ2n) is 5.93. The van der Waals surface area contributed by atoms with E-state index in [2.05, 4.69) is 15.8 Å². The highest BCUT2D eigenvalue weighted by molar-refractivity contribution is 8.01. The number of phenolic OH excluding ortho intramolecular Hbond substituents is 1. The van der Waals surface area contributed by atoms with E-state index in [4.69, 9.17) is 4.74 Å². The van der Waals surface area contributed by atoms with Crippen LogP contribution in [-0.2, 0) is 9.59 Å². The van der Waals surface area contributed by atoms with Crippen LogP contribution in [0.5, 0.6) is 11.5 Å². The van der Waals surface area contributed by atoms with E-state index in [0.717, 1.165) is 23.2 Å². The maximum atomic E-state index is 12.1. The van der Waals surface area contributed by atoms with Crippen molar-refractivity contribution in [3.63, 3.8) is 0 Å². The number of non-ortho nitro benzene ring substituents is 1. The number of hydrazone groups is 1. The Kier molecular flexibility index (Phi) is 5.98. The molecule has 1 aliphatic heterocycles. The number of hydrogen-bond acceptors (Lipinski definition) is 8. The van der Waals surface area contributed by atoms with Gasteiger partial charge in [-0.05, 0) is 12.1 Å². The smallest absolute Gasteiger partial charge is 0.274 e. The van der Waals surface area contributed by atoms with E-state index < -0.39 is 16.1 Å². The van der Waals surface area contributed by atoms with E-state index in [9.17, 15) is 24.8 Å². The lowest BCUT2D eigenvalue weighted by atomic mass is 10.2. The van der Waals surface area contributed by atoms with Crippen molar-refractivity contribution in [2.75, 3.05) is 12.4 Å². The van der Waals surface area contributed by atoms with Crippen molar-refractivity contribution in [2.24, 2.45) is 5.10 Å². The van der Waals surface area contributed by atoms with Crippen molar-refractivity contribution < 1.29 is 24.4 Å². The fourth-order valence-corrected chi connectivity index (χ4v) is 3.70. The lowest BCUT2D eigenvalue weighted by Crippen LogP contribution is -2.33. The zero-order valence-corrected chi connectivity index (χ0v) is 15.9. The van der Waals surface area contributed by atoms with Crippen LogP contribution in [0, 0.1) is 10.1 Å². The minimum Gasteiger partial charge on any atom is -0.504 e. The molecule has 0 spiro atoms. The van der Waals surface area contributed by atoms with Crippen LogP contribution < -0.4 is 15.5 Å². The van der Waals surface area contributed by atoms with Crippen molar-refractivity contribution in [1.82, 2.24) is 5.43 Å². The van der Waals surface area contributed by atoms with Gasteiger partial charge in [-0.3, -0.25) is 19.7 Å². The third-order valence-corrected chi connectivity index (χ3v) is 5.27. The lowest BCUT2D eigenvalue weighted by molar-refractivity contribution is -0.385. The molecule has 1 aliphatic rings. The number of methoxy groups -OCH3 is 1. The van der Waals surface area contributed by atoms with Crippen LogP contribution in [0.4, 0.5) is 11.4 Å². The average Bonchev–Trinajstić information content (AvgIpc) is 2.69. The van der Waals surface area contributed by atoms with Crippen molar-refractivity contribution in [3.8, 4) is 11.5 Å². The summed E-state index contributed by atoms with van der Waals surface area (Å²) in [6.45, 7) is 0. The summed E-state index contributed by atoms with van der Waals surface area (Å²) >= 11 is 1.28. The molecular formula is C18H16N4O6S. The molecule has 0 fully saturated rings. The number of anilines is 1. The Bertz CT molecular complexity index is 1010. The summed E-state index contributed by atoms with van der Waals surface area (Å²) in [6, 6.07) is 9.43. The van der Waals surface area contributed by atoms with Gasteiger partial charge >= 0.3 is 0 Å². The number of ether oxygens (including phenoxy) is 1. The summed E-state index contributed by atoms with van der Waals surface area (Å²) in [4.78, 5) is 35.5. The normalized spacial score (nSPS) is 15.5. The maximum absolute atomic E-state index is 12.1. The van der Waals surface area contributed by atoms with Crippen LogP contribution in [0.1, 0.15) is 12.0 Å². The maximum Gasteiger partial charge on any atom is 0.274 e. The number of amides is 2. The summed E-state index contributed by atoms with van der Waals surface area (Å²) in [5.74, 6) is -1.25. The van der Waals surface area contributed by atoms with Gasteiger partial charge in [0, 0.05) is 22.9 Å². The molecule has 0 aromatic heterocycles. The van der Waals surface area contributed by atoms with Crippen LogP contribution in [0.3, 0.4) is 0 Å². The number of benzene rings is 2. The molecular weight excluding hydrogens is 400 g/mol. The quantitative estimate of drug-likeness (QED) is 0.372. The molecule has 150 valence electrons. The second kappa shape index (κ2) is 8.61. The number of rotatable bonds is 6. The highest BCUT2D eigenvalue weighted by Gasteiger charge is 2.28. The topological polar surface area (TPSA) is 143 Å². The third kappa shape index (κ3) is 4.63. The Labute approximate surface area is 169 Å². The molecule has 1 atom stereocenters. The summed E-state index contributed by atoms with van der Waals surface area (Å²) < 4.78 is 4.89. The number of aromatic hydroxyl groups is 1. The molecule has 11 heteroatoms. The Balaban J connectivity index is 1.65. The van der Waals surface area contributed by atoms with Gasteiger partial charge in [0.2, 0.25) is 11.8 Å². The van der Waals surface area contributed by atoms with Crippen molar-refractivity contribution in [2.45, 2.75) is 16.6 Å². The Hall–Kier alpha value is -3.60. The monoisotopic (exact) mass is 416 g/mol. The number of fused-ring (bicyclic) bond motifs is 1. The summed E-state index contributed by atoms with van der Waals surface area (Å²) in [5.41, 5.74) is 2.64. The van der Waals surface area contributed by atoms with E-state index in [-0.39, 0.29) is 35.1 Å². The van der Waals surface area contributed by atoms with Crippen LogP contribution in [0.2, 0.25) is 0 Å². The Morgan fingerprint density at radius 3 is 2.93 bits per heavy atom. The number of para-hydroxylation sites is 1. The fourth-order valence-electron chi connectivity index (χ4n) is 2.59. The van der Waals surface area contributed by atoms with E-state index in [1.54, 1.807) is 12.1 Å². The standard InChI is InChI=1S/C18H16N4O6S/c1-28-13-7-11(22(26)27)6-10(17(13)24)9-19-21-16(23)8-15-18(25)20-12-4-2-3-5-14(12)29-15/h2-7,9,15,24H,8H2,1H3,(H,20,25)(H,21,23)/b19-9-/t15-/m1/s1. The number of phenols is 1. The number of carbonyl (C=O) groups is 2. The molecule has 2 amide bonds. The number of thioether (sulfide) groups is 1. The first kappa shape index (κ1) is 20.1. The van der Waals surface area contributed by atoms with Crippen LogP contribution in [-0.4, -0.2) is 40.4 Å². The highest BCUT2D eigenvalue weighted by Crippen LogP contribution is 2.36. The minimum absolute atomic E-state index is 0.00457. The SMILES string of the molecule is COc1cc([N+](=O)[O-])cc(/C=N\NC(=O)C[C@H]2Sc3ccccc3NC2=O)c1O. The summed E-state index contributed by atoms with van der Waals surface area (Å²) in [7, 11) is 1.26. The number of carbonyl (C=O) groups excluding carboxylic acids is 2. The number of nitrogens with one attached hydrogen (secondary N) is 2. The number of nitro benzene ring substituents is 1. The Morgan fingerprint density at radius 2 is 2.21 bits per heavy atom. The van der Waals surface area contributed by atoms with Crippen molar-refractivity contribution >= 4 is 41.2 Å². The van der Waals surface area contributed by atoms with Gasteiger partial charge in [-0.2, -0.15) is 5.10 Å². The molecule has 0 saturated heterocycles. The van der Waals surface area contributed by atoms with Gasteiger partial charge < -0.3 is 15.2 Å². The third-order valence-electron chi connectivity index (χ3n) is 3.99. The molecule has 2 aromatic carbocycles. The van der Waals surface area contributed by atoms with Gasteiger partial charge in [-0.25, -0.2) is 5.43 Å². The van der Waals surface area contributed by atoms with Gasteiger partial charge in [0.05, 0.1) is 35.3 Å². The first-order chi connectivity index (χ1) is 13.9. The number of hydrogen-bond donors (Lipinski definition) is 3. The predicted octanol–water partition coefficient (Wildman–Crippen LogP) is 2.26. The first-order valence-corrected chi connectivity index (χ1v) is 9.21. The van der Waals surface area contributed by atoms with Gasteiger partial charge in [0.1, 0.15) is 0 Å². The fraction of sp³-hybridized carbons (Fsp3) is 0.167. The number of nitrogens with zero attached hydrogens (tertiary/aromatic N) is 2. The van der Waals surface area contributed by atoms with E-state index >= 15 is 0 Å². The van der Waals surface area contributed by atoms with Crippen molar-refractivity contribution in [3.05, 3.63) is 52.1 Å². The summed E-state index contributed by atoms with van der Waals surface area (Å²) in [6.07, 6.45) is 0.943. The van der Waals surface area contributed by atoms with Crippen LogP contribution in [0.25, 0.3) is 0 Å². The van der Waals surface area contributed by atoms with Crippen LogP contribution >= 0.6 is 11.8 Å². The van der Waals surface area contributed by atoms with Gasteiger partial charge in [-0.1, -0.05) is 12.1 Å². The number of nitro groups is 1. The molecule has 1 heterocycles. The summed E-state index contributed by atoms with van der Waals surface area (Å²) in [5, 5.41) is 26.8. The van der Waals surface area contributed by atoms with Gasteiger partial charge in [-0.15, -0.1) is 11.8 Å². The molecule has 10 nitrogen and oxygen atoms in total. The second-order valence-corrected chi connectivity index (χ2v) is 7.18. The molecule has 3 N–H and O–H groups in total. The van der Waals surface area contributed by atoms with Gasteiger partial charge in [0.15, 0.2) is 11.5 Å². The lowest BCUT2D eigenvalue weighted by Gasteiger charge is -2.23. The molecule has 0 bridgehead atoms. The molecule has 0 radical (unpaired) electrons. The van der Waals surface area contributed by atoms with Crippen LogP contribution in [0.15, 0.2) is 46.4 Å². The largest absolute Gasteiger partial charge is 0.504 e. The van der Waals surface area contributed by atoms with Crippen molar-refractivity contribution in [1.29, 1.82) is 0 Å². The van der Waals surface area contributed by atoms with E-state index in [1.165, 1.54) is 18.9 Å². The predicted molar refractivity (Wildman–Crippen MR) is 106 cm³/mol.